The molecule has 2 N–H and O–H groups in total. The Morgan fingerprint density at radius 3 is 2.79 bits per heavy atom. The van der Waals surface area contributed by atoms with Gasteiger partial charge < -0.3 is 10.2 Å². The summed E-state index contributed by atoms with van der Waals surface area (Å²) in [6.07, 6.45) is 16.9. The van der Waals surface area contributed by atoms with Gasteiger partial charge in [0.05, 0.1) is 6.10 Å². The minimum absolute atomic E-state index is 0.0832. The SMILES string of the molecule is O=C(O)C=CCCCC[C@@H]1[C@@H](CCC2=CCCCC2)[C@H](O)C[C@H]1Cl. The fraction of sp³-hybridized carbons (Fsp3) is 0.750. The van der Waals surface area contributed by atoms with Crippen molar-refractivity contribution in [3.8, 4) is 0 Å². The lowest BCUT2D eigenvalue weighted by Gasteiger charge is -2.24. The molecular weight excluding hydrogens is 324 g/mol. The molecule has 3 nitrogen and oxygen atoms in total. The van der Waals surface area contributed by atoms with Crippen molar-refractivity contribution in [3.63, 3.8) is 0 Å². The van der Waals surface area contributed by atoms with Crippen molar-refractivity contribution < 1.29 is 15.0 Å². The molecule has 0 aromatic heterocycles. The molecule has 0 aromatic carbocycles. The van der Waals surface area contributed by atoms with Crippen LogP contribution in [0.25, 0.3) is 0 Å². The fourth-order valence-electron chi connectivity index (χ4n) is 4.25. The third-order valence-corrected chi connectivity index (χ3v) is 6.08. The molecule has 0 radical (unpaired) electrons. The maximum Gasteiger partial charge on any atom is 0.327 e. The van der Waals surface area contributed by atoms with Gasteiger partial charge in [0.25, 0.3) is 0 Å². The first-order valence-corrected chi connectivity index (χ1v) is 9.91. The molecule has 1 saturated carbocycles. The van der Waals surface area contributed by atoms with E-state index in [2.05, 4.69) is 6.08 Å². The monoisotopic (exact) mass is 354 g/mol. The van der Waals surface area contributed by atoms with Crippen LogP contribution in [-0.2, 0) is 4.79 Å². The lowest BCUT2D eigenvalue weighted by Crippen LogP contribution is -2.21. The predicted molar refractivity (Wildman–Crippen MR) is 98.3 cm³/mol. The van der Waals surface area contributed by atoms with Crippen LogP contribution in [0.3, 0.4) is 0 Å². The largest absolute Gasteiger partial charge is 0.478 e. The van der Waals surface area contributed by atoms with Crippen LogP contribution in [0.1, 0.15) is 70.6 Å². The number of alkyl halides is 1. The molecule has 0 bridgehead atoms. The summed E-state index contributed by atoms with van der Waals surface area (Å²) in [7, 11) is 0. The number of aliphatic hydroxyl groups is 1. The van der Waals surface area contributed by atoms with E-state index < -0.39 is 5.97 Å². The second-order valence-electron chi connectivity index (χ2n) is 7.32. The topological polar surface area (TPSA) is 57.5 Å². The maximum absolute atomic E-state index is 10.4. The van der Waals surface area contributed by atoms with E-state index >= 15 is 0 Å². The number of hydrogen-bond acceptors (Lipinski definition) is 2. The average molecular weight is 355 g/mol. The Bertz CT molecular complexity index is 458. The number of aliphatic hydroxyl groups excluding tert-OH is 1. The smallest absolute Gasteiger partial charge is 0.327 e. The second-order valence-corrected chi connectivity index (χ2v) is 7.88. The standard InChI is InChI=1S/C20H31ClO3/c21-18-14-19(22)17(13-12-15-8-4-3-5-9-15)16(18)10-6-1-2-7-11-20(23)24/h7-8,11,16-19,22H,1-6,9-10,12-14H2,(H,23,24)/t16-,17-,18-,19-/m1/s1. The second kappa shape index (κ2) is 10.2. The van der Waals surface area contributed by atoms with Gasteiger partial charge in [0.15, 0.2) is 0 Å². The third kappa shape index (κ3) is 6.25. The number of rotatable bonds is 9. The van der Waals surface area contributed by atoms with Crippen LogP contribution in [0.5, 0.6) is 0 Å². The summed E-state index contributed by atoms with van der Waals surface area (Å²) in [5.74, 6) is -0.161. The summed E-state index contributed by atoms with van der Waals surface area (Å²) >= 11 is 6.50. The zero-order valence-corrected chi connectivity index (χ0v) is 15.3. The van der Waals surface area contributed by atoms with Crippen LogP contribution in [0.15, 0.2) is 23.8 Å². The molecule has 2 rings (SSSR count). The number of halogens is 1. The van der Waals surface area contributed by atoms with Crippen molar-refractivity contribution in [2.75, 3.05) is 0 Å². The highest BCUT2D eigenvalue weighted by atomic mass is 35.5. The summed E-state index contributed by atoms with van der Waals surface area (Å²) in [6, 6.07) is 0. The number of aliphatic carboxylic acids is 1. The quantitative estimate of drug-likeness (QED) is 0.263. The molecular formula is C20H31ClO3. The van der Waals surface area contributed by atoms with Gasteiger partial charge in [-0.15, -0.1) is 11.6 Å². The highest BCUT2D eigenvalue weighted by Crippen LogP contribution is 2.42. The number of allylic oxidation sites excluding steroid dienone is 3. The Kier molecular flexibility index (Phi) is 8.34. The van der Waals surface area contributed by atoms with Crippen molar-refractivity contribution in [1.29, 1.82) is 0 Å². The van der Waals surface area contributed by atoms with Gasteiger partial charge in [0, 0.05) is 11.5 Å². The van der Waals surface area contributed by atoms with E-state index in [4.69, 9.17) is 16.7 Å². The van der Waals surface area contributed by atoms with Gasteiger partial charge in [0.2, 0.25) is 0 Å². The molecule has 1 fully saturated rings. The zero-order chi connectivity index (χ0) is 17.4. The zero-order valence-electron chi connectivity index (χ0n) is 14.5. The van der Waals surface area contributed by atoms with Crippen LogP contribution >= 0.6 is 11.6 Å². The van der Waals surface area contributed by atoms with Crippen LogP contribution in [0.4, 0.5) is 0 Å². The molecule has 4 atom stereocenters. The highest BCUT2D eigenvalue weighted by Gasteiger charge is 2.40. The van der Waals surface area contributed by atoms with Crippen LogP contribution in [-0.4, -0.2) is 27.7 Å². The highest BCUT2D eigenvalue weighted by molar-refractivity contribution is 6.21. The first-order valence-electron chi connectivity index (χ1n) is 9.47. The Morgan fingerprint density at radius 2 is 2.08 bits per heavy atom. The Morgan fingerprint density at radius 1 is 1.25 bits per heavy atom. The lowest BCUT2D eigenvalue weighted by molar-refractivity contribution is -0.131. The van der Waals surface area contributed by atoms with Gasteiger partial charge >= 0.3 is 5.97 Å². The molecule has 0 aromatic rings. The number of unbranched alkanes of at least 4 members (excludes halogenated alkanes) is 2. The first-order chi connectivity index (χ1) is 11.6. The minimum atomic E-state index is -0.883. The minimum Gasteiger partial charge on any atom is -0.478 e. The molecule has 2 aliphatic rings. The molecule has 2 aliphatic carbocycles. The third-order valence-electron chi connectivity index (χ3n) is 5.58. The maximum atomic E-state index is 10.4. The van der Waals surface area contributed by atoms with Crippen molar-refractivity contribution in [1.82, 2.24) is 0 Å². The predicted octanol–water partition coefficient (Wildman–Crippen LogP) is 5.07. The summed E-state index contributed by atoms with van der Waals surface area (Å²) in [6.45, 7) is 0. The van der Waals surface area contributed by atoms with Gasteiger partial charge in [-0.1, -0.05) is 24.1 Å². The van der Waals surface area contributed by atoms with Crippen molar-refractivity contribution in [2.45, 2.75) is 82.1 Å². The Balaban J connectivity index is 1.75. The van der Waals surface area contributed by atoms with E-state index in [1.165, 1.54) is 31.8 Å². The molecule has 24 heavy (non-hydrogen) atoms. The van der Waals surface area contributed by atoms with E-state index in [1.807, 2.05) is 0 Å². The van der Waals surface area contributed by atoms with E-state index in [9.17, 15) is 9.90 Å². The van der Waals surface area contributed by atoms with Crippen LogP contribution in [0.2, 0.25) is 0 Å². The van der Waals surface area contributed by atoms with E-state index in [-0.39, 0.29) is 11.5 Å². The van der Waals surface area contributed by atoms with Gasteiger partial charge in [-0.25, -0.2) is 4.79 Å². The molecule has 0 heterocycles. The summed E-state index contributed by atoms with van der Waals surface area (Å²) in [5, 5.41) is 19.0. The van der Waals surface area contributed by atoms with Gasteiger partial charge in [-0.05, 0) is 76.0 Å². The summed E-state index contributed by atoms with van der Waals surface area (Å²) < 4.78 is 0. The number of carboxylic acid groups (broad SMARTS) is 1. The number of hydrogen-bond donors (Lipinski definition) is 2. The van der Waals surface area contributed by atoms with E-state index in [0.29, 0.717) is 11.8 Å². The molecule has 4 heteroatoms. The molecule has 0 aliphatic heterocycles. The first kappa shape index (κ1) is 19.5. The average Bonchev–Trinajstić information content (AvgIpc) is 2.83. The number of carbonyl (C=O) groups is 1. The normalized spacial score (nSPS) is 30.7. The Hall–Kier alpha value is -0.800. The van der Waals surface area contributed by atoms with E-state index in [0.717, 1.165) is 44.9 Å². The van der Waals surface area contributed by atoms with Crippen LogP contribution < -0.4 is 0 Å². The Labute approximate surface area is 150 Å². The van der Waals surface area contributed by atoms with E-state index in [1.54, 1.807) is 11.6 Å². The fourth-order valence-corrected chi connectivity index (χ4v) is 4.74. The van der Waals surface area contributed by atoms with Crippen molar-refractivity contribution >= 4 is 17.6 Å². The molecule has 0 amide bonds. The molecule has 0 unspecified atom stereocenters. The van der Waals surface area contributed by atoms with Gasteiger partial charge in [-0.3, -0.25) is 0 Å². The summed E-state index contributed by atoms with van der Waals surface area (Å²) in [4.78, 5) is 10.4. The van der Waals surface area contributed by atoms with Crippen molar-refractivity contribution in [3.05, 3.63) is 23.8 Å². The van der Waals surface area contributed by atoms with Gasteiger partial charge in [-0.2, -0.15) is 0 Å². The van der Waals surface area contributed by atoms with Crippen molar-refractivity contribution in [2.24, 2.45) is 11.8 Å². The molecule has 136 valence electrons. The summed E-state index contributed by atoms with van der Waals surface area (Å²) in [5.41, 5.74) is 1.57. The van der Waals surface area contributed by atoms with Gasteiger partial charge in [0.1, 0.15) is 0 Å². The lowest BCUT2D eigenvalue weighted by atomic mass is 9.84. The molecule has 0 saturated heterocycles. The molecule has 0 spiro atoms. The van der Waals surface area contributed by atoms with Crippen LogP contribution in [0, 0.1) is 11.8 Å². The number of carboxylic acids is 1.